The van der Waals surface area contributed by atoms with Crippen molar-refractivity contribution in [3.63, 3.8) is 0 Å². The van der Waals surface area contributed by atoms with Crippen LogP contribution in [-0.4, -0.2) is 11.8 Å². The zero-order chi connectivity index (χ0) is 13.4. The van der Waals surface area contributed by atoms with Gasteiger partial charge in [-0.05, 0) is 18.1 Å². The summed E-state index contributed by atoms with van der Waals surface area (Å²) < 4.78 is 5.23. The molecule has 0 fully saturated rings. The second-order valence-electron chi connectivity index (χ2n) is 4.87. The normalized spacial score (nSPS) is 23.1. The molecule has 3 nitrogen and oxygen atoms in total. The van der Waals surface area contributed by atoms with Crippen molar-refractivity contribution in [1.82, 2.24) is 0 Å². The maximum absolute atomic E-state index is 12.1. The summed E-state index contributed by atoms with van der Waals surface area (Å²) in [6.07, 6.45) is 2.12. The van der Waals surface area contributed by atoms with Gasteiger partial charge < -0.3 is 4.74 Å². The molecule has 1 aromatic carbocycles. The van der Waals surface area contributed by atoms with Gasteiger partial charge in [-0.2, -0.15) is 0 Å². The predicted octanol–water partition coefficient (Wildman–Crippen LogP) is 3.38. The number of benzene rings is 1. The van der Waals surface area contributed by atoms with E-state index in [1.807, 2.05) is 18.2 Å². The van der Waals surface area contributed by atoms with E-state index in [4.69, 9.17) is 16.3 Å². The minimum atomic E-state index is -0.279. The maximum Gasteiger partial charge on any atom is 0.311 e. The molecule has 1 aliphatic carbocycles. The van der Waals surface area contributed by atoms with Crippen LogP contribution in [0.15, 0.2) is 35.6 Å². The molecule has 0 bridgehead atoms. The number of allylic oxidation sites excluding steroid dienone is 2. The summed E-state index contributed by atoms with van der Waals surface area (Å²) in [5, 5.41) is 0.590. The molecule has 1 unspecified atom stereocenters. The lowest BCUT2D eigenvalue weighted by Gasteiger charge is -2.30. The number of esters is 1. The highest BCUT2D eigenvalue weighted by Crippen LogP contribution is 2.42. The molecule has 0 amide bonds. The molecule has 3 rings (SSSR count). The fourth-order valence-corrected chi connectivity index (χ4v) is 3.07. The van der Waals surface area contributed by atoms with E-state index in [0.29, 0.717) is 29.2 Å². The molecule has 0 spiro atoms. The van der Waals surface area contributed by atoms with Crippen molar-refractivity contribution < 1.29 is 14.3 Å². The van der Waals surface area contributed by atoms with Crippen LogP contribution < -0.4 is 0 Å². The van der Waals surface area contributed by atoms with Gasteiger partial charge in [-0.1, -0.05) is 29.8 Å². The van der Waals surface area contributed by atoms with Crippen LogP contribution in [0.1, 0.15) is 37.2 Å². The van der Waals surface area contributed by atoms with Gasteiger partial charge in [0.15, 0.2) is 5.78 Å². The van der Waals surface area contributed by atoms with Crippen LogP contribution in [0.4, 0.5) is 0 Å². The highest BCUT2D eigenvalue weighted by atomic mass is 35.5. The molecule has 0 N–H and O–H groups in total. The Balaban J connectivity index is 2.11. The number of carbonyl (C=O) groups excluding carboxylic acids is 2. The van der Waals surface area contributed by atoms with E-state index in [-0.39, 0.29) is 24.1 Å². The lowest BCUT2D eigenvalue weighted by atomic mass is 9.79. The molecule has 19 heavy (non-hydrogen) atoms. The molecule has 0 saturated carbocycles. The highest BCUT2D eigenvalue weighted by molar-refractivity contribution is 6.31. The van der Waals surface area contributed by atoms with Crippen LogP contribution in [0.25, 0.3) is 0 Å². The number of carbonyl (C=O) groups is 2. The summed E-state index contributed by atoms with van der Waals surface area (Å²) in [6, 6.07) is 7.36. The van der Waals surface area contributed by atoms with Crippen molar-refractivity contribution in [2.45, 2.75) is 31.6 Å². The van der Waals surface area contributed by atoms with Gasteiger partial charge in [0, 0.05) is 29.4 Å². The Bertz CT molecular complexity index is 589. The molecule has 4 heteroatoms. The molecule has 0 aromatic heterocycles. The zero-order valence-corrected chi connectivity index (χ0v) is 11.1. The predicted molar refractivity (Wildman–Crippen MR) is 70.8 cm³/mol. The molecular weight excluding hydrogens is 264 g/mol. The largest absolute Gasteiger partial charge is 0.431 e. The van der Waals surface area contributed by atoms with Gasteiger partial charge in [0.05, 0.1) is 6.42 Å². The Morgan fingerprint density at radius 2 is 1.95 bits per heavy atom. The summed E-state index contributed by atoms with van der Waals surface area (Å²) in [5.74, 6) is 0.104. The Labute approximate surface area is 116 Å². The van der Waals surface area contributed by atoms with Crippen molar-refractivity contribution >= 4 is 23.4 Å². The summed E-state index contributed by atoms with van der Waals surface area (Å²) in [4.78, 5) is 23.8. The smallest absolute Gasteiger partial charge is 0.311 e. The zero-order valence-electron chi connectivity index (χ0n) is 10.3. The van der Waals surface area contributed by atoms with E-state index < -0.39 is 0 Å². The minimum Gasteiger partial charge on any atom is -0.431 e. The summed E-state index contributed by atoms with van der Waals surface area (Å²) in [5.41, 5.74) is 1.49. The van der Waals surface area contributed by atoms with Crippen molar-refractivity contribution in [3.05, 3.63) is 46.2 Å². The van der Waals surface area contributed by atoms with Crippen LogP contribution in [0, 0.1) is 0 Å². The molecule has 1 atom stereocenters. The highest BCUT2D eigenvalue weighted by Gasteiger charge is 2.37. The fourth-order valence-electron chi connectivity index (χ4n) is 2.80. The first-order chi connectivity index (χ1) is 9.16. The first-order valence-corrected chi connectivity index (χ1v) is 6.76. The average Bonchev–Trinajstić information content (AvgIpc) is 2.38. The lowest BCUT2D eigenvalue weighted by molar-refractivity contribution is -0.142. The summed E-state index contributed by atoms with van der Waals surface area (Å²) >= 11 is 6.20. The number of hydrogen-bond donors (Lipinski definition) is 0. The van der Waals surface area contributed by atoms with Gasteiger partial charge >= 0.3 is 5.97 Å². The Morgan fingerprint density at radius 3 is 2.74 bits per heavy atom. The van der Waals surface area contributed by atoms with Crippen molar-refractivity contribution in [2.75, 3.05) is 0 Å². The third-order valence-electron chi connectivity index (χ3n) is 3.65. The van der Waals surface area contributed by atoms with Crippen molar-refractivity contribution in [3.8, 4) is 0 Å². The van der Waals surface area contributed by atoms with Gasteiger partial charge in [0.2, 0.25) is 0 Å². The first-order valence-electron chi connectivity index (χ1n) is 6.38. The molecule has 2 aliphatic rings. The van der Waals surface area contributed by atoms with Crippen LogP contribution in [0.5, 0.6) is 0 Å². The number of ether oxygens (including phenoxy) is 1. The van der Waals surface area contributed by atoms with E-state index in [1.165, 1.54) is 0 Å². The molecule has 0 saturated heterocycles. The molecule has 1 aromatic rings. The van der Waals surface area contributed by atoms with E-state index in [0.717, 1.165) is 12.0 Å². The second-order valence-corrected chi connectivity index (χ2v) is 5.27. The topological polar surface area (TPSA) is 43.4 Å². The molecule has 1 heterocycles. The Kier molecular flexibility index (Phi) is 3.15. The second kappa shape index (κ2) is 4.82. The maximum atomic E-state index is 12.1. The molecule has 1 aliphatic heterocycles. The average molecular weight is 277 g/mol. The van der Waals surface area contributed by atoms with Crippen LogP contribution in [-0.2, 0) is 14.3 Å². The Morgan fingerprint density at radius 1 is 1.16 bits per heavy atom. The number of halogens is 1. The fraction of sp³-hybridized carbons (Fsp3) is 0.333. The quantitative estimate of drug-likeness (QED) is 0.739. The molecule has 0 radical (unpaired) electrons. The van der Waals surface area contributed by atoms with Gasteiger partial charge in [0.1, 0.15) is 5.76 Å². The van der Waals surface area contributed by atoms with E-state index >= 15 is 0 Å². The van der Waals surface area contributed by atoms with E-state index in [2.05, 4.69) is 0 Å². The molecular formula is C15H13ClO3. The third-order valence-corrected chi connectivity index (χ3v) is 3.99. The Hall–Kier alpha value is -1.61. The van der Waals surface area contributed by atoms with Gasteiger partial charge in [0.25, 0.3) is 0 Å². The van der Waals surface area contributed by atoms with Gasteiger partial charge in [-0.15, -0.1) is 0 Å². The van der Waals surface area contributed by atoms with E-state index in [9.17, 15) is 9.59 Å². The summed E-state index contributed by atoms with van der Waals surface area (Å²) in [6.45, 7) is 0. The standard InChI is InChI=1S/C15H13ClO3/c16-11-5-2-1-4-9(11)10-8-14(18)19-13-7-3-6-12(17)15(10)13/h1-2,4-5,10H,3,6-8H2. The van der Waals surface area contributed by atoms with E-state index in [1.54, 1.807) is 6.07 Å². The van der Waals surface area contributed by atoms with Gasteiger partial charge in [-0.3, -0.25) is 9.59 Å². The number of Topliss-reactive ketones (excluding diaryl/α,β-unsaturated/α-hetero) is 1. The first kappa shape index (κ1) is 12.4. The van der Waals surface area contributed by atoms with Crippen molar-refractivity contribution in [2.24, 2.45) is 0 Å². The number of rotatable bonds is 1. The minimum absolute atomic E-state index is 0.0821. The summed E-state index contributed by atoms with van der Waals surface area (Å²) in [7, 11) is 0. The lowest BCUT2D eigenvalue weighted by Crippen LogP contribution is -2.27. The van der Waals surface area contributed by atoms with Gasteiger partial charge in [-0.25, -0.2) is 0 Å². The van der Waals surface area contributed by atoms with Crippen LogP contribution in [0.3, 0.4) is 0 Å². The molecule has 98 valence electrons. The van der Waals surface area contributed by atoms with Crippen LogP contribution >= 0.6 is 11.6 Å². The SMILES string of the molecule is O=C1CC(c2ccccc2Cl)C2=C(CCCC2=O)O1. The number of ketones is 1. The monoisotopic (exact) mass is 276 g/mol. The van der Waals surface area contributed by atoms with Crippen molar-refractivity contribution in [1.29, 1.82) is 0 Å². The third kappa shape index (κ3) is 2.19. The number of hydrogen-bond acceptors (Lipinski definition) is 3. The van der Waals surface area contributed by atoms with Crippen LogP contribution in [0.2, 0.25) is 5.02 Å².